The molecule has 1 aromatic rings. The zero-order valence-electron chi connectivity index (χ0n) is 11.6. The Morgan fingerprint density at radius 3 is 2.59 bits per heavy atom. The van der Waals surface area contributed by atoms with Gasteiger partial charge in [-0.15, -0.1) is 0 Å². The highest BCUT2D eigenvalue weighted by Crippen LogP contribution is 2.26. The standard InChI is InChI=1S/C13H15Cl2F2N5/c14-9-2-1-8(5-10(9)15)6-20-11(18)21-12(19)22-4-3-13(16,17)7-22/h1-2,5H,3-4,6-7H2,(H4,18,19,20,21). The minimum Gasteiger partial charge on any atom is -0.369 e. The predicted molar refractivity (Wildman–Crippen MR) is 84.5 cm³/mol. The van der Waals surface area contributed by atoms with Crippen molar-refractivity contribution < 1.29 is 8.78 Å². The lowest BCUT2D eigenvalue weighted by molar-refractivity contribution is 0.0175. The Labute approximate surface area is 136 Å². The average Bonchev–Trinajstić information content (AvgIpc) is 2.80. The number of rotatable bonds is 2. The Bertz CT molecular complexity index is 618. The lowest BCUT2D eigenvalue weighted by Gasteiger charge is -2.16. The summed E-state index contributed by atoms with van der Waals surface area (Å²) >= 11 is 11.7. The number of halogens is 4. The fourth-order valence-electron chi connectivity index (χ4n) is 1.97. The summed E-state index contributed by atoms with van der Waals surface area (Å²) in [6, 6.07) is 5.06. The van der Waals surface area contributed by atoms with Gasteiger partial charge in [0.2, 0.25) is 5.96 Å². The van der Waals surface area contributed by atoms with Crippen LogP contribution < -0.4 is 11.5 Å². The van der Waals surface area contributed by atoms with Gasteiger partial charge in [-0.2, -0.15) is 4.99 Å². The number of nitrogens with two attached hydrogens (primary N) is 2. The zero-order chi connectivity index (χ0) is 16.3. The first-order chi connectivity index (χ1) is 10.3. The summed E-state index contributed by atoms with van der Waals surface area (Å²) in [6.45, 7) is -0.0829. The highest BCUT2D eigenvalue weighted by Gasteiger charge is 2.39. The largest absolute Gasteiger partial charge is 0.369 e. The number of hydrogen-bond acceptors (Lipinski definition) is 1. The van der Waals surface area contributed by atoms with E-state index in [0.29, 0.717) is 10.0 Å². The second kappa shape index (κ2) is 6.66. The van der Waals surface area contributed by atoms with E-state index < -0.39 is 12.5 Å². The average molecular weight is 350 g/mol. The van der Waals surface area contributed by atoms with Crippen LogP contribution in [-0.4, -0.2) is 35.8 Å². The summed E-state index contributed by atoms with van der Waals surface area (Å²) in [5.41, 5.74) is 12.1. The van der Waals surface area contributed by atoms with E-state index in [1.165, 1.54) is 4.90 Å². The van der Waals surface area contributed by atoms with Gasteiger partial charge in [-0.05, 0) is 17.7 Å². The van der Waals surface area contributed by atoms with Gasteiger partial charge >= 0.3 is 0 Å². The van der Waals surface area contributed by atoms with E-state index in [-0.39, 0.29) is 31.4 Å². The van der Waals surface area contributed by atoms with Gasteiger partial charge in [-0.25, -0.2) is 13.8 Å². The van der Waals surface area contributed by atoms with Crippen molar-refractivity contribution in [3.05, 3.63) is 33.8 Å². The molecule has 0 amide bonds. The van der Waals surface area contributed by atoms with Crippen LogP contribution >= 0.6 is 23.2 Å². The summed E-state index contributed by atoms with van der Waals surface area (Å²) in [7, 11) is 0. The third-order valence-corrected chi connectivity index (χ3v) is 3.87. The van der Waals surface area contributed by atoms with E-state index >= 15 is 0 Å². The van der Waals surface area contributed by atoms with Gasteiger partial charge < -0.3 is 16.4 Å². The molecule has 1 aliphatic rings. The van der Waals surface area contributed by atoms with Gasteiger partial charge in [0, 0.05) is 13.0 Å². The Balaban J connectivity index is 1.99. The lowest BCUT2D eigenvalue weighted by atomic mass is 10.2. The molecule has 0 atom stereocenters. The second-order valence-electron chi connectivity index (χ2n) is 4.92. The Hall–Kier alpha value is -1.60. The molecular formula is C13H15Cl2F2N5. The first-order valence-electron chi connectivity index (χ1n) is 6.48. The monoisotopic (exact) mass is 349 g/mol. The third kappa shape index (κ3) is 4.45. The molecule has 9 heteroatoms. The molecule has 0 radical (unpaired) electrons. The first-order valence-corrected chi connectivity index (χ1v) is 7.23. The van der Waals surface area contributed by atoms with Gasteiger partial charge in [-0.1, -0.05) is 29.3 Å². The molecule has 5 nitrogen and oxygen atoms in total. The van der Waals surface area contributed by atoms with E-state index in [1.807, 2.05) is 0 Å². The van der Waals surface area contributed by atoms with Crippen molar-refractivity contribution in [3.8, 4) is 0 Å². The first kappa shape index (κ1) is 16.8. The predicted octanol–water partition coefficient (Wildman–Crippen LogP) is 2.46. The molecule has 1 heterocycles. The van der Waals surface area contributed by atoms with Crippen LogP contribution in [0.25, 0.3) is 0 Å². The van der Waals surface area contributed by atoms with Crippen molar-refractivity contribution in [2.45, 2.75) is 18.9 Å². The zero-order valence-corrected chi connectivity index (χ0v) is 13.1. The summed E-state index contributed by atoms with van der Waals surface area (Å²) < 4.78 is 26.2. The molecular weight excluding hydrogens is 335 g/mol. The van der Waals surface area contributed by atoms with Crippen LogP contribution in [0.15, 0.2) is 28.2 Å². The molecule has 1 saturated heterocycles. The van der Waals surface area contributed by atoms with Crippen LogP contribution in [0.1, 0.15) is 12.0 Å². The summed E-state index contributed by atoms with van der Waals surface area (Å²) in [5.74, 6) is -2.89. The molecule has 1 aromatic carbocycles. The number of likely N-dealkylation sites (tertiary alicyclic amines) is 1. The number of aliphatic imine (C=N–C) groups is 2. The molecule has 22 heavy (non-hydrogen) atoms. The quantitative estimate of drug-likeness (QED) is 0.635. The molecule has 1 fully saturated rings. The van der Waals surface area contributed by atoms with Gasteiger partial charge in [0.25, 0.3) is 5.92 Å². The molecule has 0 spiro atoms. The van der Waals surface area contributed by atoms with E-state index in [1.54, 1.807) is 18.2 Å². The lowest BCUT2D eigenvalue weighted by Crippen LogP contribution is -2.38. The fraction of sp³-hybridized carbons (Fsp3) is 0.385. The van der Waals surface area contributed by atoms with Crippen molar-refractivity contribution in [1.82, 2.24) is 4.90 Å². The van der Waals surface area contributed by atoms with Gasteiger partial charge in [0.1, 0.15) is 0 Å². The number of benzene rings is 1. The number of alkyl halides is 2. The van der Waals surface area contributed by atoms with Gasteiger partial charge in [0.05, 0.1) is 23.1 Å². The molecule has 0 bridgehead atoms. The molecule has 4 N–H and O–H groups in total. The highest BCUT2D eigenvalue weighted by atomic mass is 35.5. The van der Waals surface area contributed by atoms with E-state index in [4.69, 9.17) is 34.7 Å². The number of guanidine groups is 2. The fourth-order valence-corrected chi connectivity index (χ4v) is 2.29. The smallest absolute Gasteiger partial charge is 0.267 e. The Kier molecular flexibility index (Phi) is 5.08. The number of nitrogens with zero attached hydrogens (tertiary/aromatic N) is 3. The van der Waals surface area contributed by atoms with Crippen molar-refractivity contribution in [1.29, 1.82) is 0 Å². The van der Waals surface area contributed by atoms with Crippen LogP contribution in [0.2, 0.25) is 10.0 Å². The Morgan fingerprint density at radius 2 is 2.00 bits per heavy atom. The third-order valence-electron chi connectivity index (χ3n) is 3.13. The highest BCUT2D eigenvalue weighted by molar-refractivity contribution is 6.42. The van der Waals surface area contributed by atoms with Gasteiger partial charge in [-0.3, -0.25) is 0 Å². The topological polar surface area (TPSA) is 80.0 Å². The number of hydrogen-bond donors (Lipinski definition) is 2. The van der Waals surface area contributed by atoms with Crippen LogP contribution in [-0.2, 0) is 6.54 Å². The van der Waals surface area contributed by atoms with Crippen LogP contribution in [0.3, 0.4) is 0 Å². The van der Waals surface area contributed by atoms with Gasteiger partial charge in [0.15, 0.2) is 5.96 Å². The van der Waals surface area contributed by atoms with E-state index in [0.717, 1.165) is 5.56 Å². The molecule has 0 unspecified atom stereocenters. The van der Waals surface area contributed by atoms with E-state index in [9.17, 15) is 8.78 Å². The van der Waals surface area contributed by atoms with Crippen molar-refractivity contribution in [2.24, 2.45) is 21.5 Å². The second-order valence-corrected chi connectivity index (χ2v) is 5.73. The van der Waals surface area contributed by atoms with Crippen molar-refractivity contribution in [3.63, 3.8) is 0 Å². The van der Waals surface area contributed by atoms with Crippen LogP contribution in [0.5, 0.6) is 0 Å². The van der Waals surface area contributed by atoms with Crippen molar-refractivity contribution >= 4 is 35.1 Å². The molecule has 0 aliphatic carbocycles. The molecule has 120 valence electrons. The van der Waals surface area contributed by atoms with E-state index in [2.05, 4.69) is 9.98 Å². The maximum absolute atomic E-state index is 13.1. The summed E-state index contributed by atoms with van der Waals surface area (Å²) in [4.78, 5) is 9.14. The molecule has 1 aliphatic heterocycles. The molecule has 0 aromatic heterocycles. The SMILES string of the molecule is NC(=NCc1ccc(Cl)c(Cl)c1)N=C(N)N1CCC(F)(F)C1. The summed E-state index contributed by atoms with van der Waals surface area (Å²) in [6.07, 6.45) is -0.246. The Morgan fingerprint density at radius 1 is 1.27 bits per heavy atom. The van der Waals surface area contributed by atoms with Crippen LogP contribution in [0, 0.1) is 0 Å². The normalized spacial score (nSPS) is 18.8. The maximum atomic E-state index is 13.1. The van der Waals surface area contributed by atoms with Crippen molar-refractivity contribution in [2.75, 3.05) is 13.1 Å². The minimum atomic E-state index is -2.74. The minimum absolute atomic E-state index is 0.0624. The molecule has 0 saturated carbocycles. The molecule has 2 rings (SSSR count). The maximum Gasteiger partial charge on any atom is 0.267 e. The summed E-state index contributed by atoms with van der Waals surface area (Å²) in [5, 5.41) is 0.856. The van der Waals surface area contributed by atoms with Crippen LogP contribution in [0.4, 0.5) is 8.78 Å².